The molecule has 0 aliphatic heterocycles. The van der Waals surface area contributed by atoms with E-state index in [2.05, 4.69) is 0 Å². The van der Waals surface area contributed by atoms with Crippen LogP contribution in [-0.2, 0) is 0 Å². The number of carbonyl (C=O) groups is 1. The Morgan fingerprint density at radius 1 is 1.22 bits per heavy atom. The van der Waals surface area contributed by atoms with E-state index in [9.17, 15) is 4.79 Å². The van der Waals surface area contributed by atoms with Crippen molar-refractivity contribution in [1.29, 1.82) is 0 Å². The van der Waals surface area contributed by atoms with Crippen molar-refractivity contribution in [2.24, 2.45) is 0 Å². The molecule has 18 heavy (non-hydrogen) atoms. The van der Waals surface area contributed by atoms with Gasteiger partial charge in [0.05, 0.1) is 11.7 Å². The van der Waals surface area contributed by atoms with Crippen LogP contribution in [0.1, 0.15) is 55.8 Å². The first kappa shape index (κ1) is 12.9. The second kappa shape index (κ2) is 5.89. The first-order valence-electron chi connectivity index (χ1n) is 6.74. The maximum atomic E-state index is 11.6. The number of benzene rings is 1. The Kier molecular flexibility index (Phi) is 4.24. The van der Waals surface area contributed by atoms with Crippen molar-refractivity contribution in [2.75, 3.05) is 5.73 Å². The van der Waals surface area contributed by atoms with Gasteiger partial charge in [-0.15, -0.1) is 0 Å². The highest BCUT2D eigenvalue weighted by Gasteiger charge is 2.16. The van der Waals surface area contributed by atoms with Gasteiger partial charge in [-0.2, -0.15) is 0 Å². The van der Waals surface area contributed by atoms with E-state index in [0.29, 0.717) is 17.0 Å². The molecule has 0 unspecified atom stereocenters. The Labute approximate surface area is 108 Å². The lowest BCUT2D eigenvalue weighted by atomic mass is 10.1. The van der Waals surface area contributed by atoms with Crippen LogP contribution in [0.4, 0.5) is 5.69 Å². The predicted octanol–water partition coefficient (Wildman–Crippen LogP) is 3.57. The van der Waals surface area contributed by atoms with E-state index in [1.54, 1.807) is 19.1 Å². The largest absolute Gasteiger partial charge is 0.490 e. The number of anilines is 1. The van der Waals surface area contributed by atoms with Gasteiger partial charge < -0.3 is 10.5 Å². The summed E-state index contributed by atoms with van der Waals surface area (Å²) in [6.45, 7) is 1.55. The van der Waals surface area contributed by atoms with Gasteiger partial charge in [0.25, 0.3) is 0 Å². The Morgan fingerprint density at radius 2 is 1.89 bits per heavy atom. The molecular weight excluding hydrogens is 226 g/mol. The first-order chi connectivity index (χ1) is 8.66. The summed E-state index contributed by atoms with van der Waals surface area (Å²) in [7, 11) is 0. The predicted molar refractivity (Wildman–Crippen MR) is 73.0 cm³/mol. The van der Waals surface area contributed by atoms with Crippen LogP contribution >= 0.6 is 0 Å². The van der Waals surface area contributed by atoms with Crippen LogP contribution in [0, 0.1) is 0 Å². The zero-order valence-corrected chi connectivity index (χ0v) is 10.9. The third-order valence-electron chi connectivity index (χ3n) is 3.48. The fourth-order valence-corrected chi connectivity index (χ4v) is 2.46. The molecule has 3 nitrogen and oxygen atoms in total. The molecule has 1 aromatic rings. The smallest absolute Gasteiger partial charge is 0.163 e. The average molecular weight is 247 g/mol. The number of carbonyl (C=O) groups excluding carboxylic acids is 1. The third kappa shape index (κ3) is 3.25. The van der Waals surface area contributed by atoms with Crippen molar-refractivity contribution in [2.45, 2.75) is 51.6 Å². The van der Waals surface area contributed by atoms with E-state index < -0.39 is 0 Å². The SMILES string of the molecule is CC(=O)c1cc(N)ccc1OC1CCCCCC1. The summed E-state index contributed by atoms with van der Waals surface area (Å²) in [5.41, 5.74) is 6.92. The van der Waals surface area contributed by atoms with Gasteiger partial charge in [0, 0.05) is 5.69 Å². The quantitative estimate of drug-likeness (QED) is 0.504. The van der Waals surface area contributed by atoms with Gasteiger partial charge in [0.15, 0.2) is 5.78 Å². The molecule has 1 aliphatic carbocycles. The van der Waals surface area contributed by atoms with E-state index >= 15 is 0 Å². The van der Waals surface area contributed by atoms with Gasteiger partial charge in [-0.1, -0.05) is 12.8 Å². The highest BCUT2D eigenvalue weighted by molar-refractivity contribution is 5.97. The Bertz CT molecular complexity index is 421. The highest BCUT2D eigenvalue weighted by Crippen LogP contribution is 2.27. The van der Waals surface area contributed by atoms with Crippen LogP contribution in [0.15, 0.2) is 18.2 Å². The maximum Gasteiger partial charge on any atom is 0.163 e. The van der Waals surface area contributed by atoms with Gasteiger partial charge in [-0.25, -0.2) is 0 Å². The van der Waals surface area contributed by atoms with Crippen LogP contribution in [0.5, 0.6) is 5.75 Å². The van der Waals surface area contributed by atoms with Gasteiger partial charge in [-0.3, -0.25) is 4.79 Å². The van der Waals surface area contributed by atoms with Gasteiger partial charge in [-0.05, 0) is 50.8 Å². The van der Waals surface area contributed by atoms with Crippen molar-refractivity contribution in [3.8, 4) is 5.75 Å². The monoisotopic (exact) mass is 247 g/mol. The summed E-state index contributed by atoms with van der Waals surface area (Å²) in [4.78, 5) is 11.6. The van der Waals surface area contributed by atoms with Gasteiger partial charge >= 0.3 is 0 Å². The molecule has 0 heterocycles. The number of nitrogen functional groups attached to an aromatic ring is 1. The number of ether oxygens (including phenoxy) is 1. The van der Waals surface area contributed by atoms with E-state index in [1.807, 2.05) is 6.07 Å². The Balaban J connectivity index is 2.14. The molecular formula is C15H21NO2. The fourth-order valence-electron chi connectivity index (χ4n) is 2.46. The summed E-state index contributed by atoms with van der Waals surface area (Å²) < 4.78 is 6.01. The summed E-state index contributed by atoms with van der Waals surface area (Å²) >= 11 is 0. The van der Waals surface area contributed by atoms with Crippen LogP contribution in [0.3, 0.4) is 0 Å². The molecule has 0 radical (unpaired) electrons. The third-order valence-corrected chi connectivity index (χ3v) is 3.48. The number of Topliss-reactive ketones (excluding diaryl/α,β-unsaturated/α-hetero) is 1. The molecule has 0 spiro atoms. The molecule has 1 aliphatic rings. The van der Waals surface area contributed by atoms with E-state index in [1.165, 1.54) is 25.7 Å². The number of ketones is 1. The second-order valence-electron chi connectivity index (χ2n) is 5.04. The van der Waals surface area contributed by atoms with Crippen molar-refractivity contribution < 1.29 is 9.53 Å². The Hall–Kier alpha value is -1.51. The molecule has 0 amide bonds. The molecule has 2 N–H and O–H groups in total. The minimum atomic E-state index is 0.00548. The molecule has 98 valence electrons. The molecule has 0 bridgehead atoms. The van der Waals surface area contributed by atoms with Crippen molar-refractivity contribution >= 4 is 11.5 Å². The molecule has 1 aromatic carbocycles. The topological polar surface area (TPSA) is 52.3 Å². The summed E-state index contributed by atoms with van der Waals surface area (Å²) in [6.07, 6.45) is 7.43. The highest BCUT2D eigenvalue weighted by atomic mass is 16.5. The number of hydrogen-bond donors (Lipinski definition) is 1. The standard InChI is InChI=1S/C15H21NO2/c1-11(17)14-10-12(16)8-9-15(14)18-13-6-4-2-3-5-7-13/h8-10,13H,2-7,16H2,1H3. The van der Waals surface area contributed by atoms with Crippen LogP contribution in [-0.4, -0.2) is 11.9 Å². The van der Waals surface area contributed by atoms with Crippen molar-refractivity contribution in [3.05, 3.63) is 23.8 Å². The minimum Gasteiger partial charge on any atom is -0.490 e. The molecule has 0 atom stereocenters. The minimum absolute atomic E-state index is 0.00548. The zero-order valence-electron chi connectivity index (χ0n) is 10.9. The Morgan fingerprint density at radius 3 is 2.50 bits per heavy atom. The molecule has 0 saturated heterocycles. The molecule has 1 fully saturated rings. The van der Waals surface area contributed by atoms with Gasteiger partial charge in [0.2, 0.25) is 0 Å². The van der Waals surface area contributed by atoms with E-state index in [4.69, 9.17) is 10.5 Å². The van der Waals surface area contributed by atoms with Crippen molar-refractivity contribution in [1.82, 2.24) is 0 Å². The van der Waals surface area contributed by atoms with E-state index in [-0.39, 0.29) is 11.9 Å². The number of rotatable bonds is 3. The number of nitrogens with two attached hydrogens (primary N) is 1. The van der Waals surface area contributed by atoms with Crippen LogP contribution in [0.2, 0.25) is 0 Å². The van der Waals surface area contributed by atoms with Gasteiger partial charge in [0.1, 0.15) is 5.75 Å². The lowest BCUT2D eigenvalue weighted by Gasteiger charge is -2.19. The second-order valence-corrected chi connectivity index (χ2v) is 5.04. The summed E-state index contributed by atoms with van der Waals surface area (Å²) in [5, 5.41) is 0. The fraction of sp³-hybridized carbons (Fsp3) is 0.533. The number of hydrogen-bond acceptors (Lipinski definition) is 3. The summed E-state index contributed by atoms with van der Waals surface area (Å²) in [6, 6.07) is 5.31. The van der Waals surface area contributed by atoms with Crippen molar-refractivity contribution in [3.63, 3.8) is 0 Å². The van der Waals surface area contributed by atoms with E-state index in [0.717, 1.165) is 12.8 Å². The van der Waals surface area contributed by atoms with Crippen LogP contribution in [0.25, 0.3) is 0 Å². The lowest BCUT2D eigenvalue weighted by Crippen LogP contribution is -2.16. The normalized spacial score (nSPS) is 17.2. The first-order valence-corrected chi connectivity index (χ1v) is 6.74. The molecule has 0 aromatic heterocycles. The average Bonchev–Trinajstić information content (AvgIpc) is 2.60. The summed E-state index contributed by atoms with van der Waals surface area (Å²) in [5.74, 6) is 0.689. The maximum absolute atomic E-state index is 11.6. The zero-order chi connectivity index (χ0) is 13.0. The lowest BCUT2D eigenvalue weighted by molar-refractivity contribution is 0.100. The molecule has 3 heteroatoms. The van der Waals surface area contributed by atoms with Crippen LogP contribution < -0.4 is 10.5 Å². The molecule has 1 saturated carbocycles. The molecule has 2 rings (SSSR count).